The zero-order valence-electron chi connectivity index (χ0n) is 9.71. The molecule has 0 aromatic heterocycles. The number of unbranched alkanes of at least 4 members (excludes halogenated alkanes) is 2. The van der Waals surface area contributed by atoms with Gasteiger partial charge in [0.25, 0.3) is 0 Å². The molecule has 1 heterocycles. The molecule has 96 valence electrons. The fourth-order valence-electron chi connectivity index (χ4n) is 1.79. The van der Waals surface area contributed by atoms with E-state index in [0.717, 1.165) is 19.3 Å². The number of ether oxygens (including phenoxy) is 2. The van der Waals surface area contributed by atoms with Crippen LogP contribution in [-0.2, 0) is 9.47 Å². The predicted molar refractivity (Wildman–Crippen MR) is 58.1 cm³/mol. The van der Waals surface area contributed by atoms with Crippen LogP contribution in [0.15, 0.2) is 0 Å². The smallest absolute Gasteiger partial charge is 0.114 e. The van der Waals surface area contributed by atoms with E-state index >= 15 is 0 Å². The summed E-state index contributed by atoms with van der Waals surface area (Å²) in [7, 11) is 0. The van der Waals surface area contributed by atoms with Gasteiger partial charge >= 0.3 is 0 Å². The first-order valence-corrected chi connectivity index (χ1v) is 5.90. The van der Waals surface area contributed by atoms with Gasteiger partial charge in [-0.25, -0.2) is 0 Å². The number of aliphatic hydroxyl groups excluding tert-OH is 3. The van der Waals surface area contributed by atoms with Gasteiger partial charge in [-0.15, -0.1) is 0 Å². The summed E-state index contributed by atoms with van der Waals surface area (Å²) in [6.07, 6.45) is 0.0917. The van der Waals surface area contributed by atoms with E-state index in [1.807, 2.05) is 0 Å². The van der Waals surface area contributed by atoms with Crippen LogP contribution in [0.4, 0.5) is 0 Å². The Morgan fingerprint density at radius 2 is 2.12 bits per heavy atom. The first kappa shape index (κ1) is 13.9. The zero-order chi connectivity index (χ0) is 12.0. The number of hydrogen-bond donors (Lipinski definition) is 3. The molecule has 0 unspecified atom stereocenters. The molecular weight excluding hydrogens is 212 g/mol. The Hall–Kier alpha value is -0.200. The molecular formula is C11H22O5. The second kappa shape index (κ2) is 7.19. The molecule has 3 N–H and O–H groups in total. The molecule has 0 radical (unpaired) electrons. The lowest BCUT2D eigenvalue weighted by Crippen LogP contribution is -2.42. The summed E-state index contributed by atoms with van der Waals surface area (Å²) >= 11 is 0. The quantitative estimate of drug-likeness (QED) is 0.526. The highest BCUT2D eigenvalue weighted by Crippen LogP contribution is 2.19. The van der Waals surface area contributed by atoms with Crippen LogP contribution in [0, 0.1) is 0 Å². The molecule has 0 spiro atoms. The van der Waals surface area contributed by atoms with E-state index < -0.39 is 24.4 Å². The van der Waals surface area contributed by atoms with Crippen molar-refractivity contribution in [1.82, 2.24) is 0 Å². The van der Waals surface area contributed by atoms with E-state index in [0.29, 0.717) is 6.61 Å². The van der Waals surface area contributed by atoms with Crippen molar-refractivity contribution in [2.75, 3.05) is 19.8 Å². The summed E-state index contributed by atoms with van der Waals surface area (Å²) in [5, 5.41) is 28.1. The summed E-state index contributed by atoms with van der Waals surface area (Å²) in [5.74, 6) is 0. The van der Waals surface area contributed by atoms with Crippen molar-refractivity contribution in [3.63, 3.8) is 0 Å². The van der Waals surface area contributed by atoms with Crippen molar-refractivity contribution < 1.29 is 24.8 Å². The third-order valence-electron chi connectivity index (χ3n) is 2.82. The normalized spacial score (nSPS) is 31.9. The van der Waals surface area contributed by atoms with Crippen LogP contribution in [0.5, 0.6) is 0 Å². The van der Waals surface area contributed by atoms with Gasteiger partial charge in [-0.05, 0) is 6.42 Å². The van der Waals surface area contributed by atoms with Crippen LogP contribution >= 0.6 is 0 Å². The van der Waals surface area contributed by atoms with Gasteiger partial charge in [0.1, 0.15) is 24.4 Å². The minimum absolute atomic E-state index is 0.0979. The molecule has 16 heavy (non-hydrogen) atoms. The van der Waals surface area contributed by atoms with Crippen molar-refractivity contribution in [2.24, 2.45) is 0 Å². The van der Waals surface area contributed by atoms with Gasteiger partial charge in [0, 0.05) is 6.61 Å². The summed E-state index contributed by atoms with van der Waals surface area (Å²) < 4.78 is 10.7. The summed E-state index contributed by atoms with van der Waals surface area (Å²) in [5.41, 5.74) is 0. The molecule has 0 aromatic carbocycles. The molecule has 0 saturated carbocycles. The second-order valence-electron chi connectivity index (χ2n) is 4.15. The van der Waals surface area contributed by atoms with E-state index in [2.05, 4.69) is 6.92 Å². The van der Waals surface area contributed by atoms with Crippen LogP contribution in [0.25, 0.3) is 0 Å². The summed E-state index contributed by atoms with van der Waals surface area (Å²) in [6.45, 7) is 2.53. The standard InChI is InChI=1S/C11H22O5/c1-2-3-4-5-15-9(6-12)11-10(14)8(13)7-16-11/h8-14H,2-7H2,1H3/t8-,9+,10+,11+/m0/s1. The maximum atomic E-state index is 9.60. The van der Waals surface area contributed by atoms with Crippen molar-refractivity contribution in [2.45, 2.75) is 50.6 Å². The zero-order valence-corrected chi connectivity index (χ0v) is 9.71. The van der Waals surface area contributed by atoms with Crippen LogP contribution in [0.3, 0.4) is 0 Å². The molecule has 1 aliphatic heterocycles. The first-order valence-electron chi connectivity index (χ1n) is 5.90. The lowest BCUT2D eigenvalue weighted by Gasteiger charge is -2.24. The van der Waals surface area contributed by atoms with Gasteiger partial charge in [-0.3, -0.25) is 0 Å². The highest BCUT2D eigenvalue weighted by atomic mass is 16.6. The largest absolute Gasteiger partial charge is 0.394 e. The second-order valence-corrected chi connectivity index (χ2v) is 4.15. The molecule has 0 bridgehead atoms. The van der Waals surface area contributed by atoms with E-state index in [9.17, 15) is 10.2 Å². The molecule has 5 heteroatoms. The molecule has 5 nitrogen and oxygen atoms in total. The predicted octanol–water partition coefficient (Wildman–Crippen LogP) is -0.325. The Kier molecular flexibility index (Phi) is 6.23. The molecule has 1 aliphatic rings. The number of rotatable bonds is 7. The Morgan fingerprint density at radius 1 is 1.38 bits per heavy atom. The summed E-state index contributed by atoms with van der Waals surface area (Å²) in [4.78, 5) is 0. The molecule has 1 rings (SSSR count). The Labute approximate surface area is 96.0 Å². The van der Waals surface area contributed by atoms with Gasteiger partial charge < -0.3 is 24.8 Å². The monoisotopic (exact) mass is 234 g/mol. The van der Waals surface area contributed by atoms with Crippen LogP contribution in [-0.4, -0.2) is 59.6 Å². The maximum absolute atomic E-state index is 9.60. The Balaban J connectivity index is 2.30. The van der Waals surface area contributed by atoms with E-state index in [4.69, 9.17) is 14.6 Å². The third kappa shape index (κ3) is 3.68. The van der Waals surface area contributed by atoms with Gasteiger partial charge in [-0.2, -0.15) is 0 Å². The Morgan fingerprint density at radius 3 is 2.62 bits per heavy atom. The third-order valence-corrected chi connectivity index (χ3v) is 2.82. The molecule has 1 fully saturated rings. The lowest BCUT2D eigenvalue weighted by atomic mass is 10.1. The fourth-order valence-corrected chi connectivity index (χ4v) is 1.79. The first-order chi connectivity index (χ1) is 7.70. The van der Waals surface area contributed by atoms with Crippen molar-refractivity contribution in [1.29, 1.82) is 0 Å². The van der Waals surface area contributed by atoms with Crippen molar-refractivity contribution in [3.8, 4) is 0 Å². The van der Waals surface area contributed by atoms with E-state index in [1.165, 1.54) is 0 Å². The fraction of sp³-hybridized carbons (Fsp3) is 1.00. The van der Waals surface area contributed by atoms with E-state index in [1.54, 1.807) is 0 Å². The average Bonchev–Trinajstić information content (AvgIpc) is 2.61. The van der Waals surface area contributed by atoms with Gasteiger partial charge in [0.05, 0.1) is 13.2 Å². The molecule has 0 aromatic rings. The average molecular weight is 234 g/mol. The lowest BCUT2D eigenvalue weighted by molar-refractivity contribution is -0.101. The van der Waals surface area contributed by atoms with Crippen molar-refractivity contribution in [3.05, 3.63) is 0 Å². The van der Waals surface area contributed by atoms with E-state index in [-0.39, 0.29) is 13.2 Å². The highest BCUT2D eigenvalue weighted by molar-refractivity contribution is 4.88. The molecule has 1 saturated heterocycles. The van der Waals surface area contributed by atoms with Gasteiger partial charge in [-0.1, -0.05) is 19.8 Å². The molecule has 4 atom stereocenters. The van der Waals surface area contributed by atoms with Gasteiger partial charge in [0.2, 0.25) is 0 Å². The highest BCUT2D eigenvalue weighted by Gasteiger charge is 2.40. The minimum atomic E-state index is -0.969. The Bertz CT molecular complexity index is 187. The molecule has 0 aliphatic carbocycles. The molecule has 0 amide bonds. The minimum Gasteiger partial charge on any atom is -0.394 e. The van der Waals surface area contributed by atoms with Crippen LogP contribution in [0.2, 0.25) is 0 Å². The van der Waals surface area contributed by atoms with Crippen LogP contribution < -0.4 is 0 Å². The maximum Gasteiger partial charge on any atom is 0.114 e. The van der Waals surface area contributed by atoms with Crippen LogP contribution in [0.1, 0.15) is 26.2 Å². The number of aliphatic hydroxyl groups is 3. The van der Waals surface area contributed by atoms with Crippen molar-refractivity contribution >= 4 is 0 Å². The SMILES string of the molecule is CCCCCO[C@H](CO)[C@H]1OC[C@H](O)[C@H]1O. The topological polar surface area (TPSA) is 79.2 Å². The summed E-state index contributed by atoms with van der Waals surface area (Å²) in [6, 6.07) is 0. The number of hydrogen-bond acceptors (Lipinski definition) is 5. The van der Waals surface area contributed by atoms with Gasteiger partial charge in [0.15, 0.2) is 0 Å².